The first kappa shape index (κ1) is 20.0. The zero-order valence-corrected chi connectivity index (χ0v) is 16.1. The van der Waals surface area contributed by atoms with Gasteiger partial charge >= 0.3 is 0 Å². The molecule has 9 heteroatoms. The monoisotopic (exact) mass is 401 g/mol. The van der Waals surface area contributed by atoms with Crippen LogP contribution in [-0.2, 0) is 14.6 Å². The number of anilines is 1. The zero-order chi connectivity index (χ0) is 19.6. The Morgan fingerprint density at radius 3 is 2.44 bits per heavy atom. The summed E-state index contributed by atoms with van der Waals surface area (Å²) >= 11 is 0. The van der Waals surface area contributed by atoms with Gasteiger partial charge in [-0.25, -0.2) is 17.2 Å². The van der Waals surface area contributed by atoms with Crippen LogP contribution in [0.2, 0.25) is 0 Å². The summed E-state index contributed by atoms with van der Waals surface area (Å²) in [6, 6.07) is 3.29. The molecule has 2 fully saturated rings. The minimum absolute atomic E-state index is 0.0189. The second-order valence-electron chi connectivity index (χ2n) is 7.24. The van der Waals surface area contributed by atoms with E-state index in [1.54, 1.807) is 13.0 Å². The number of nitrogens with zero attached hydrogens (tertiary/aromatic N) is 1. The van der Waals surface area contributed by atoms with Gasteiger partial charge in [0.2, 0.25) is 5.91 Å². The molecule has 2 saturated heterocycles. The van der Waals surface area contributed by atoms with Gasteiger partial charge in [0.25, 0.3) is 0 Å². The number of carbonyl (C=O) groups excluding carboxylic acids is 1. The molecule has 0 unspecified atom stereocenters. The highest BCUT2D eigenvalue weighted by Crippen LogP contribution is 2.23. The van der Waals surface area contributed by atoms with E-state index in [4.69, 9.17) is 0 Å². The van der Waals surface area contributed by atoms with Gasteiger partial charge in [-0.2, -0.15) is 0 Å². The van der Waals surface area contributed by atoms with Crippen molar-refractivity contribution >= 4 is 21.4 Å². The van der Waals surface area contributed by atoms with Crippen molar-refractivity contribution in [3.05, 3.63) is 29.8 Å². The van der Waals surface area contributed by atoms with Gasteiger partial charge in [0.1, 0.15) is 0 Å². The van der Waals surface area contributed by atoms with E-state index in [1.807, 2.05) is 4.90 Å². The quantitative estimate of drug-likeness (QED) is 0.776. The molecule has 2 heterocycles. The van der Waals surface area contributed by atoms with Crippen LogP contribution in [0.4, 0.5) is 14.5 Å². The average Bonchev–Trinajstić information content (AvgIpc) is 2.91. The molecule has 0 bridgehead atoms. The van der Waals surface area contributed by atoms with Crippen LogP contribution in [0.25, 0.3) is 0 Å². The minimum atomic E-state index is -3.18. The van der Waals surface area contributed by atoms with Gasteiger partial charge in [0.15, 0.2) is 21.5 Å². The molecular weight excluding hydrogens is 376 g/mol. The Hall–Kier alpha value is -1.74. The van der Waals surface area contributed by atoms with Crippen LogP contribution < -0.4 is 15.5 Å². The molecule has 2 atom stereocenters. The van der Waals surface area contributed by atoms with Crippen LogP contribution in [-0.4, -0.2) is 57.0 Å². The highest BCUT2D eigenvalue weighted by atomic mass is 32.2. The molecule has 0 aromatic heterocycles. The molecule has 150 valence electrons. The largest absolute Gasteiger partial charge is 0.371 e. The van der Waals surface area contributed by atoms with Crippen molar-refractivity contribution < 1.29 is 22.0 Å². The topological polar surface area (TPSA) is 78.5 Å². The predicted molar refractivity (Wildman–Crippen MR) is 99.4 cm³/mol. The number of piperidine rings is 1. The Bertz CT molecular complexity index is 795. The maximum absolute atomic E-state index is 13.4. The van der Waals surface area contributed by atoms with Gasteiger partial charge in [-0.05, 0) is 25.0 Å². The number of carbonyl (C=O) groups is 1. The number of rotatable bonds is 5. The first-order chi connectivity index (χ1) is 12.8. The first-order valence-corrected chi connectivity index (χ1v) is 11.1. The van der Waals surface area contributed by atoms with E-state index in [9.17, 15) is 22.0 Å². The summed E-state index contributed by atoms with van der Waals surface area (Å²) in [6.45, 7) is 3.05. The van der Waals surface area contributed by atoms with E-state index in [0.717, 1.165) is 18.9 Å². The van der Waals surface area contributed by atoms with Gasteiger partial charge in [0, 0.05) is 43.3 Å². The summed E-state index contributed by atoms with van der Waals surface area (Å²) in [4.78, 5) is 13.7. The fourth-order valence-corrected chi connectivity index (χ4v) is 5.63. The zero-order valence-electron chi connectivity index (χ0n) is 15.2. The molecule has 6 nitrogen and oxygen atoms in total. The molecule has 0 spiro atoms. The fraction of sp³-hybridized carbons (Fsp3) is 0.611. The minimum Gasteiger partial charge on any atom is -0.371 e. The van der Waals surface area contributed by atoms with Crippen LogP contribution in [0.15, 0.2) is 18.2 Å². The molecule has 0 radical (unpaired) electrons. The van der Waals surface area contributed by atoms with Gasteiger partial charge in [0.05, 0.1) is 17.5 Å². The average molecular weight is 401 g/mol. The molecule has 0 aliphatic carbocycles. The summed E-state index contributed by atoms with van der Waals surface area (Å²) in [5.74, 6) is -1.90. The molecule has 0 saturated carbocycles. The number of amides is 1. The number of nitrogens with one attached hydrogen (secondary N) is 2. The highest BCUT2D eigenvalue weighted by molar-refractivity contribution is 7.91. The molecule has 27 heavy (non-hydrogen) atoms. The Morgan fingerprint density at radius 2 is 1.81 bits per heavy atom. The van der Waals surface area contributed by atoms with Crippen molar-refractivity contribution in [3.63, 3.8) is 0 Å². The lowest BCUT2D eigenvalue weighted by Gasteiger charge is -2.36. The highest BCUT2D eigenvalue weighted by Gasteiger charge is 2.39. The maximum Gasteiger partial charge on any atom is 0.220 e. The number of hydrogen-bond donors (Lipinski definition) is 2. The second-order valence-corrected chi connectivity index (χ2v) is 9.39. The van der Waals surface area contributed by atoms with Gasteiger partial charge in [-0.15, -0.1) is 0 Å². The Morgan fingerprint density at radius 1 is 1.15 bits per heavy atom. The fourth-order valence-electron chi connectivity index (χ4n) is 3.75. The van der Waals surface area contributed by atoms with Crippen LogP contribution in [0, 0.1) is 11.6 Å². The Labute approximate surface area is 158 Å². The van der Waals surface area contributed by atoms with Crippen LogP contribution in [0.3, 0.4) is 0 Å². The molecule has 2 aliphatic rings. The third-order valence-electron chi connectivity index (χ3n) is 5.23. The van der Waals surface area contributed by atoms with Crippen molar-refractivity contribution in [2.45, 2.75) is 44.3 Å². The van der Waals surface area contributed by atoms with Gasteiger partial charge in [-0.3, -0.25) is 4.79 Å². The van der Waals surface area contributed by atoms with Crippen molar-refractivity contribution in [1.29, 1.82) is 0 Å². The summed E-state index contributed by atoms with van der Waals surface area (Å²) in [6.07, 6.45) is 1.82. The SMILES string of the molecule is CCC(=O)N[C@@H]1CS(=O)(=O)C[C@H]1NC1CCN(c2ccc(F)c(F)c2)CC1. The van der Waals surface area contributed by atoms with E-state index < -0.39 is 27.5 Å². The van der Waals surface area contributed by atoms with Crippen LogP contribution in [0.1, 0.15) is 26.2 Å². The van der Waals surface area contributed by atoms with E-state index >= 15 is 0 Å². The summed E-state index contributed by atoms with van der Waals surface area (Å²) < 4.78 is 50.5. The van der Waals surface area contributed by atoms with Crippen molar-refractivity contribution in [2.75, 3.05) is 29.5 Å². The maximum atomic E-state index is 13.4. The van der Waals surface area contributed by atoms with E-state index in [0.29, 0.717) is 25.2 Å². The lowest BCUT2D eigenvalue weighted by Crippen LogP contribution is -2.54. The van der Waals surface area contributed by atoms with Gasteiger partial charge < -0.3 is 15.5 Å². The van der Waals surface area contributed by atoms with E-state index in [2.05, 4.69) is 10.6 Å². The van der Waals surface area contributed by atoms with Crippen molar-refractivity contribution in [2.24, 2.45) is 0 Å². The Kier molecular flexibility index (Phi) is 6.00. The Balaban J connectivity index is 1.57. The third kappa shape index (κ3) is 4.95. The summed E-state index contributed by atoms with van der Waals surface area (Å²) in [5, 5.41) is 6.19. The molecule has 2 aliphatic heterocycles. The summed E-state index contributed by atoms with van der Waals surface area (Å²) in [7, 11) is -3.18. The number of hydrogen-bond acceptors (Lipinski definition) is 5. The lowest BCUT2D eigenvalue weighted by molar-refractivity contribution is -0.121. The molecule has 2 N–H and O–H groups in total. The first-order valence-electron chi connectivity index (χ1n) is 9.23. The summed E-state index contributed by atoms with van der Waals surface area (Å²) in [5.41, 5.74) is 0.642. The predicted octanol–water partition coefficient (Wildman–Crippen LogP) is 1.22. The third-order valence-corrected chi connectivity index (χ3v) is 6.97. The van der Waals surface area contributed by atoms with Crippen LogP contribution in [0.5, 0.6) is 0 Å². The van der Waals surface area contributed by atoms with E-state index in [1.165, 1.54) is 6.07 Å². The van der Waals surface area contributed by atoms with Crippen molar-refractivity contribution in [3.8, 4) is 0 Å². The standard InChI is InChI=1S/C18H25F2N3O3S/c1-2-18(24)22-17-11-27(25,26)10-16(17)21-12-5-7-23(8-6-12)13-3-4-14(19)15(20)9-13/h3-4,9,12,16-17,21H,2,5-8,10-11H2,1H3,(H,22,24)/t16-,17-/m1/s1. The smallest absolute Gasteiger partial charge is 0.220 e. The molecule has 1 amide bonds. The molecule has 1 aromatic carbocycles. The molecular formula is C18H25F2N3O3S. The lowest BCUT2D eigenvalue weighted by atomic mass is 10.0. The second kappa shape index (κ2) is 8.10. The van der Waals surface area contributed by atoms with Gasteiger partial charge in [-0.1, -0.05) is 6.92 Å². The number of halogens is 2. The molecule has 1 aromatic rings. The van der Waals surface area contributed by atoms with E-state index in [-0.39, 0.29) is 29.5 Å². The number of sulfone groups is 1. The number of benzene rings is 1. The van der Waals surface area contributed by atoms with Crippen LogP contribution >= 0.6 is 0 Å². The van der Waals surface area contributed by atoms with Crippen molar-refractivity contribution in [1.82, 2.24) is 10.6 Å². The molecule has 3 rings (SSSR count). The normalized spacial score (nSPS) is 25.5.